The maximum Gasteiger partial charge on any atom is 0.0406 e. The molecule has 1 N–H and O–H groups in total. The molecule has 0 radical (unpaired) electrons. The van der Waals surface area contributed by atoms with Gasteiger partial charge in [0, 0.05) is 23.7 Å². The maximum atomic E-state index is 5.91. The zero-order valence-electron chi connectivity index (χ0n) is 12.9. The van der Waals surface area contributed by atoms with E-state index >= 15 is 0 Å². The lowest BCUT2D eigenvalue weighted by Crippen LogP contribution is -2.35. The molecule has 1 aromatic rings. The van der Waals surface area contributed by atoms with Crippen LogP contribution in [0, 0.1) is 5.92 Å². The van der Waals surface area contributed by atoms with Crippen LogP contribution in [-0.4, -0.2) is 36.6 Å². The van der Waals surface area contributed by atoms with E-state index in [0.717, 1.165) is 23.9 Å². The molecule has 1 saturated heterocycles. The minimum atomic E-state index is 0.518. The van der Waals surface area contributed by atoms with Gasteiger partial charge < -0.3 is 10.2 Å². The monoisotopic (exact) mass is 294 g/mol. The number of benzene rings is 1. The summed E-state index contributed by atoms with van der Waals surface area (Å²) in [5, 5.41) is 4.50. The number of nitrogens with one attached hydrogen (secondary N) is 1. The van der Waals surface area contributed by atoms with Gasteiger partial charge in [-0.3, -0.25) is 0 Å². The van der Waals surface area contributed by atoms with Gasteiger partial charge >= 0.3 is 0 Å². The topological polar surface area (TPSA) is 15.3 Å². The Balaban J connectivity index is 1.70. The maximum absolute atomic E-state index is 5.91. The predicted octanol–water partition coefficient (Wildman–Crippen LogP) is 3.59. The molecule has 1 heterocycles. The van der Waals surface area contributed by atoms with Crippen LogP contribution in [0.4, 0.5) is 0 Å². The Labute approximate surface area is 128 Å². The Hall–Kier alpha value is -0.570. The minimum absolute atomic E-state index is 0.518. The first kappa shape index (κ1) is 15.8. The van der Waals surface area contributed by atoms with Crippen LogP contribution in [0.5, 0.6) is 0 Å². The van der Waals surface area contributed by atoms with Crippen molar-refractivity contribution >= 4 is 11.6 Å². The third kappa shape index (κ3) is 4.76. The average molecular weight is 295 g/mol. The van der Waals surface area contributed by atoms with E-state index in [1.165, 1.54) is 25.1 Å². The summed E-state index contributed by atoms with van der Waals surface area (Å²) in [5.74, 6) is 0.810. The van der Waals surface area contributed by atoms with E-state index in [1.54, 1.807) is 0 Å². The van der Waals surface area contributed by atoms with Crippen molar-refractivity contribution in [2.45, 2.75) is 45.7 Å². The van der Waals surface area contributed by atoms with Gasteiger partial charge in [0.25, 0.3) is 0 Å². The van der Waals surface area contributed by atoms with E-state index in [4.69, 9.17) is 11.6 Å². The predicted molar refractivity (Wildman–Crippen MR) is 87.4 cm³/mol. The fraction of sp³-hybridized carbons (Fsp3) is 0.647. The first-order chi connectivity index (χ1) is 9.54. The summed E-state index contributed by atoms with van der Waals surface area (Å²) in [5.41, 5.74) is 1.35. The van der Waals surface area contributed by atoms with Gasteiger partial charge in [0.2, 0.25) is 0 Å². The highest BCUT2D eigenvalue weighted by Gasteiger charge is 2.24. The number of hydrogen-bond acceptors (Lipinski definition) is 2. The van der Waals surface area contributed by atoms with Crippen molar-refractivity contribution in [1.82, 2.24) is 10.2 Å². The summed E-state index contributed by atoms with van der Waals surface area (Å²) in [6.07, 6.45) is 2.40. The summed E-state index contributed by atoms with van der Waals surface area (Å²) in [6.45, 7) is 10.5. The molecule has 3 heteroatoms. The van der Waals surface area contributed by atoms with Crippen LogP contribution in [0.15, 0.2) is 24.3 Å². The Morgan fingerprint density at radius 3 is 2.55 bits per heavy atom. The molecule has 1 aliphatic rings. The van der Waals surface area contributed by atoms with E-state index in [9.17, 15) is 0 Å². The van der Waals surface area contributed by atoms with Crippen LogP contribution < -0.4 is 5.32 Å². The van der Waals surface area contributed by atoms with Gasteiger partial charge in [-0.25, -0.2) is 0 Å². The normalized spacial score (nSPS) is 21.6. The van der Waals surface area contributed by atoms with Gasteiger partial charge in [0.1, 0.15) is 0 Å². The molecule has 0 bridgehead atoms. The number of hydrogen-bond donors (Lipinski definition) is 1. The van der Waals surface area contributed by atoms with Crippen molar-refractivity contribution < 1.29 is 0 Å². The van der Waals surface area contributed by atoms with Crippen LogP contribution >= 0.6 is 11.6 Å². The number of likely N-dealkylation sites (tertiary alicyclic amines) is 1. The van der Waals surface area contributed by atoms with Gasteiger partial charge in [0.15, 0.2) is 0 Å². The highest BCUT2D eigenvalue weighted by atomic mass is 35.5. The summed E-state index contributed by atoms with van der Waals surface area (Å²) >= 11 is 5.91. The minimum Gasteiger partial charge on any atom is -0.314 e. The van der Waals surface area contributed by atoms with Crippen LogP contribution in [0.2, 0.25) is 5.02 Å². The van der Waals surface area contributed by atoms with Crippen molar-refractivity contribution in [2.24, 2.45) is 5.92 Å². The van der Waals surface area contributed by atoms with Crippen molar-refractivity contribution in [3.63, 3.8) is 0 Å². The molecule has 112 valence electrons. The van der Waals surface area contributed by atoms with Crippen LogP contribution in [0.3, 0.4) is 0 Å². The first-order valence-electron chi connectivity index (χ1n) is 7.76. The van der Waals surface area contributed by atoms with Gasteiger partial charge in [0.05, 0.1) is 0 Å². The van der Waals surface area contributed by atoms with E-state index in [1.807, 2.05) is 12.1 Å². The lowest BCUT2D eigenvalue weighted by Gasteiger charge is -2.21. The second kappa shape index (κ2) is 7.44. The third-order valence-electron chi connectivity index (χ3n) is 4.26. The highest BCUT2D eigenvalue weighted by Crippen LogP contribution is 2.18. The molecule has 0 aliphatic carbocycles. The van der Waals surface area contributed by atoms with Crippen molar-refractivity contribution in [3.8, 4) is 0 Å². The van der Waals surface area contributed by atoms with Crippen molar-refractivity contribution in [1.29, 1.82) is 0 Å². The number of rotatable bonds is 6. The largest absolute Gasteiger partial charge is 0.314 e. The second-order valence-corrected chi connectivity index (χ2v) is 6.82. The lowest BCUT2D eigenvalue weighted by atomic mass is 10.1. The molecule has 0 amide bonds. The molecule has 0 saturated carbocycles. The third-order valence-corrected chi connectivity index (χ3v) is 4.51. The molecular weight excluding hydrogens is 268 g/mol. The molecule has 2 atom stereocenters. The number of nitrogens with zero attached hydrogens (tertiary/aromatic N) is 1. The summed E-state index contributed by atoms with van der Waals surface area (Å²) in [7, 11) is 0. The zero-order chi connectivity index (χ0) is 14.5. The average Bonchev–Trinajstić information content (AvgIpc) is 2.88. The van der Waals surface area contributed by atoms with E-state index < -0.39 is 0 Å². The first-order valence-corrected chi connectivity index (χ1v) is 8.14. The molecule has 2 unspecified atom stereocenters. The van der Waals surface area contributed by atoms with Crippen molar-refractivity contribution in [3.05, 3.63) is 34.9 Å². The molecule has 0 spiro atoms. The molecule has 2 nitrogen and oxygen atoms in total. The molecular formula is C17H27ClN2. The quantitative estimate of drug-likeness (QED) is 0.862. The Morgan fingerprint density at radius 2 is 1.95 bits per heavy atom. The smallest absolute Gasteiger partial charge is 0.0406 e. The van der Waals surface area contributed by atoms with Gasteiger partial charge in [-0.1, -0.05) is 23.7 Å². The highest BCUT2D eigenvalue weighted by molar-refractivity contribution is 6.30. The molecule has 1 aromatic carbocycles. The van der Waals surface area contributed by atoms with Gasteiger partial charge in [-0.05, 0) is 70.3 Å². The fourth-order valence-corrected chi connectivity index (χ4v) is 3.04. The Morgan fingerprint density at radius 1 is 1.25 bits per heavy atom. The van der Waals surface area contributed by atoms with Crippen LogP contribution in [0.1, 0.15) is 32.8 Å². The lowest BCUT2D eigenvalue weighted by molar-refractivity contribution is 0.263. The Kier molecular flexibility index (Phi) is 5.88. The van der Waals surface area contributed by atoms with Crippen molar-refractivity contribution in [2.75, 3.05) is 19.6 Å². The van der Waals surface area contributed by atoms with Gasteiger partial charge in [-0.2, -0.15) is 0 Å². The van der Waals surface area contributed by atoms with Gasteiger partial charge in [-0.15, -0.1) is 0 Å². The molecule has 20 heavy (non-hydrogen) atoms. The SMILES string of the molecule is CC(Cc1ccc(Cl)cc1)NCC1CCN(C(C)C)C1. The van der Waals surface area contributed by atoms with E-state index in [2.05, 4.69) is 43.1 Å². The second-order valence-electron chi connectivity index (χ2n) is 6.38. The van der Waals surface area contributed by atoms with E-state index in [-0.39, 0.29) is 0 Å². The van der Waals surface area contributed by atoms with Crippen LogP contribution in [-0.2, 0) is 6.42 Å². The molecule has 1 aliphatic heterocycles. The van der Waals surface area contributed by atoms with E-state index in [0.29, 0.717) is 12.1 Å². The molecule has 0 aromatic heterocycles. The summed E-state index contributed by atoms with van der Waals surface area (Å²) in [4.78, 5) is 2.58. The zero-order valence-corrected chi connectivity index (χ0v) is 13.7. The molecule has 2 rings (SSSR count). The molecule has 1 fully saturated rings. The summed E-state index contributed by atoms with van der Waals surface area (Å²) < 4.78 is 0. The summed E-state index contributed by atoms with van der Waals surface area (Å²) in [6, 6.07) is 9.39. The standard InChI is InChI=1S/C17H27ClN2/c1-13(2)20-9-8-16(12-20)11-19-14(3)10-15-4-6-17(18)7-5-15/h4-7,13-14,16,19H,8-12H2,1-3H3. The van der Waals surface area contributed by atoms with Crippen LogP contribution in [0.25, 0.3) is 0 Å². The Bertz CT molecular complexity index is 402. The number of halogens is 1. The fourth-order valence-electron chi connectivity index (χ4n) is 2.91.